The number of likely N-dealkylation sites (tertiary alicyclic amines) is 1. The molecule has 2 fully saturated rings. The van der Waals surface area contributed by atoms with Crippen molar-refractivity contribution in [3.63, 3.8) is 0 Å². The molecule has 0 bridgehead atoms. The molecule has 0 spiro atoms. The first-order chi connectivity index (χ1) is 13.2. The number of aromatic nitrogens is 2. The van der Waals surface area contributed by atoms with E-state index in [1.165, 1.54) is 0 Å². The molecule has 1 aliphatic carbocycles. The third kappa shape index (κ3) is 5.47. The molecule has 28 heavy (non-hydrogen) atoms. The third-order valence-corrected chi connectivity index (χ3v) is 5.46. The molecule has 8 nitrogen and oxygen atoms in total. The Morgan fingerprint density at radius 2 is 1.86 bits per heavy atom. The summed E-state index contributed by atoms with van der Waals surface area (Å²) in [4.78, 5) is 22.7. The van der Waals surface area contributed by atoms with Crippen LogP contribution in [0.2, 0.25) is 0 Å². The molecule has 0 atom stereocenters. The summed E-state index contributed by atoms with van der Waals surface area (Å²) in [5.41, 5.74) is 6.41. The van der Waals surface area contributed by atoms with Gasteiger partial charge in [0.25, 0.3) is 0 Å². The molecule has 1 amide bonds. The Labute approximate surface area is 166 Å². The highest BCUT2D eigenvalue weighted by atomic mass is 16.6. The fraction of sp³-hybridized carbons (Fsp3) is 0.750. The van der Waals surface area contributed by atoms with Crippen molar-refractivity contribution < 1.29 is 14.6 Å². The van der Waals surface area contributed by atoms with E-state index in [1.807, 2.05) is 27.0 Å². The molecule has 0 radical (unpaired) electrons. The molecule has 4 N–H and O–H groups in total. The second kappa shape index (κ2) is 8.51. The standard InChI is InChI=1S/C20H33N5O3/c1-20(2,3)28-19(27)25-10-8-13(9-11-25)16-12-22-18(21)24-17(16)23-14-4-6-15(26)7-5-14/h12-15,26H,4-11H2,1-3H3,(H3,21,22,23,24)/t14-,15-. The highest BCUT2D eigenvalue weighted by Crippen LogP contribution is 2.33. The Kier molecular flexibility index (Phi) is 6.27. The van der Waals surface area contributed by atoms with Crippen LogP contribution in [0.15, 0.2) is 6.20 Å². The van der Waals surface area contributed by atoms with E-state index in [4.69, 9.17) is 10.5 Å². The van der Waals surface area contributed by atoms with Crippen molar-refractivity contribution in [3.8, 4) is 0 Å². The van der Waals surface area contributed by atoms with Gasteiger partial charge in [-0.3, -0.25) is 0 Å². The SMILES string of the molecule is CC(C)(C)OC(=O)N1CCC(c2cnc(N)nc2N[C@H]2CC[C@H](O)CC2)CC1. The van der Waals surface area contributed by atoms with Gasteiger partial charge in [0.2, 0.25) is 5.95 Å². The van der Waals surface area contributed by atoms with E-state index < -0.39 is 5.60 Å². The highest BCUT2D eigenvalue weighted by molar-refractivity contribution is 5.68. The zero-order valence-corrected chi connectivity index (χ0v) is 17.1. The normalized spacial score (nSPS) is 24.1. The number of nitrogens with two attached hydrogens (primary N) is 1. The van der Waals surface area contributed by atoms with Crippen LogP contribution in [-0.4, -0.2) is 56.9 Å². The summed E-state index contributed by atoms with van der Waals surface area (Å²) in [6.07, 6.45) is 6.50. The van der Waals surface area contributed by atoms with Gasteiger partial charge in [0.05, 0.1) is 6.10 Å². The molecule has 1 aromatic heterocycles. The second-order valence-electron chi connectivity index (χ2n) is 8.92. The Bertz CT molecular complexity index is 675. The molecule has 3 rings (SSSR count). The van der Waals surface area contributed by atoms with Gasteiger partial charge < -0.3 is 25.8 Å². The number of amides is 1. The van der Waals surface area contributed by atoms with Crippen molar-refractivity contribution in [3.05, 3.63) is 11.8 Å². The van der Waals surface area contributed by atoms with Gasteiger partial charge in [-0.1, -0.05) is 0 Å². The first-order valence-electron chi connectivity index (χ1n) is 10.3. The highest BCUT2D eigenvalue weighted by Gasteiger charge is 2.30. The first kappa shape index (κ1) is 20.6. The predicted octanol–water partition coefficient (Wildman–Crippen LogP) is 2.89. The van der Waals surface area contributed by atoms with Crippen LogP contribution in [0.1, 0.15) is 70.8 Å². The van der Waals surface area contributed by atoms with Crippen molar-refractivity contribution in [1.82, 2.24) is 14.9 Å². The van der Waals surface area contributed by atoms with Gasteiger partial charge in [0, 0.05) is 30.9 Å². The lowest BCUT2D eigenvalue weighted by Crippen LogP contribution is -2.41. The molecule has 1 saturated carbocycles. The van der Waals surface area contributed by atoms with Crippen LogP contribution in [0, 0.1) is 0 Å². The summed E-state index contributed by atoms with van der Waals surface area (Å²) >= 11 is 0. The molecule has 1 saturated heterocycles. The monoisotopic (exact) mass is 391 g/mol. The van der Waals surface area contributed by atoms with E-state index in [1.54, 1.807) is 4.90 Å². The van der Waals surface area contributed by atoms with Crippen LogP contribution < -0.4 is 11.1 Å². The van der Waals surface area contributed by atoms with Crippen LogP contribution in [0.3, 0.4) is 0 Å². The van der Waals surface area contributed by atoms with E-state index in [2.05, 4.69) is 15.3 Å². The molecule has 2 heterocycles. The number of carbonyl (C=O) groups is 1. The van der Waals surface area contributed by atoms with Crippen LogP contribution >= 0.6 is 0 Å². The van der Waals surface area contributed by atoms with E-state index in [0.717, 1.165) is 49.9 Å². The van der Waals surface area contributed by atoms with Gasteiger partial charge >= 0.3 is 6.09 Å². The predicted molar refractivity (Wildman–Crippen MR) is 108 cm³/mol. The minimum Gasteiger partial charge on any atom is -0.444 e. The van der Waals surface area contributed by atoms with Gasteiger partial charge in [-0.15, -0.1) is 0 Å². The first-order valence-corrected chi connectivity index (χ1v) is 10.3. The zero-order valence-electron chi connectivity index (χ0n) is 17.1. The quantitative estimate of drug-likeness (QED) is 0.726. The lowest BCUT2D eigenvalue weighted by Gasteiger charge is -2.34. The number of carbonyl (C=O) groups excluding carboxylic acids is 1. The number of nitrogens with one attached hydrogen (secondary N) is 1. The number of aliphatic hydroxyl groups is 1. The molecule has 2 aliphatic rings. The average Bonchev–Trinajstić information content (AvgIpc) is 2.63. The maximum Gasteiger partial charge on any atom is 0.410 e. The maximum absolute atomic E-state index is 12.3. The number of nitrogen functional groups attached to an aromatic ring is 1. The fourth-order valence-corrected chi connectivity index (χ4v) is 3.93. The van der Waals surface area contributed by atoms with Gasteiger partial charge in [-0.2, -0.15) is 4.98 Å². The van der Waals surface area contributed by atoms with E-state index in [0.29, 0.717) is 19.1 Å². The maximum atomic E-state index is 12.3. The summed E-state index contributed by atoms with van der Waals surface area (Å²) in [6.45, 7) is 6.95. The fourth-order valence-electron chi connectivity index (χ4n) is 3.93. The molecular weight excluding hydrogens is 358 g/mol. The third-order valence-electron chi connectivity index (χ3n) is 5.46. The number of aliphatic hydroxyl groups excluding tert-OH is 1. The molecule has 1 aliphatic heterocycles. The van der Waals surface area contributed by atoms with Crippen molar-refractivity contribution in [2.75, 3.05) is 24.1 Å². The molecule has 156 valence electrons. The summed E-state index contributed by atoms with van der Waals surface area (Å²) in [6, 6.07) is 0.290. The van der Waals surface area contributed by atoms with E-state index >= 15 is 0 Å². The number of anilines is 2. The number of nitrogens with zero attached hydrogens (tertiary/aromatic N) is 3. The topological polar surface area (TPSA) is 114 Å². The van der Waals surface area contributed by atoms with E-state index in [-0.39, 0.29) is 24.1 Å². The zero-order chi connectivity index (χ0) is 20.3. The van der Waals surface area contributed by atoms with Crippen LogP contribution in [0.5, 0.6) is 0 Å². The van der Waals surface area contributed by atoms with Gasteiger partial charge in [0.1, 0.15) is 11.4 Å². The van der Waals surface area contributed by atoms with Crippen LogP contribution in [0.25, 0.3) is 0 Å². The number of piperidine rings is 1. The smallest absolute Gasteiger partial charge is 0.410 e. The largest absolute Gasteiger partial charge is 0.444 e. The van der Waals surface area contributed by atoms with E-state index in [9.17, 15) is 9.90 Å². The second-order valence-corrected chi connectivity index (χ2v) is 8.92. The van der Waals surface area contributed by atoms with Crippen molar-refractivity contribution >= 4 is 17.9 Å². The van der Waals surface area contributed by atoms with Crippen molar-refractivity contribution in [2.24, 2.45) is 0 Å². The average molecular weight is 392 g/mol. The summed E-state index contributed by atoms with van der Waals surface area (Å²) in [5.74, 6) is 1.33. The van der Waals surface area contributed by atoms with Crippen molar-refractivity contribution in [2.45, 2.75) is 83.0 Å². The Balaban J connectivity index is 1.63. The summed E-state index contributed by atoms with van der Waals surface area (Å²) in [5, 5.41) is 13.2. The summed E-state index contributed by atoms with van der Waals surface area (Å²) < 4.78 is 5.48. The van der Waals surface area contributed by atoms with Gasteiger partial charge in [0.15, 0.2) is 0 Å². The molecule has 8 heteroatoms. The molecule has 0 aromatic carbocycles. The lowest BCUT2D eigenvalue weighted by atomic mass is 9.89. The number of rotatable bonds is 3. The molecule has 1 aromatic rings. The van der Waals surface area contributed by atoms with Crippen LogP contribution in [-0.2, 0) is 4.74 Å². The number of hydrogen-bond donors (Lipinski definition) is 3. The van der Waals surface area contributed by atoms with Crippen LogP contribution in [0.4, 0.5) is 16.6 Å². The number of ether oxygens (including phenoxy) is 1. The minimum atomic E-state index is -0.483. The Morgan fingerprint density at radius 3 is 2.46 bits per heavy atom. The Hall–Kier alpha value is -2.09. The van der Waals surface area contributed by atoms with Gasteiger partial charge in [-0.25, -0.2) is 9.78 Å². The lowest BCUT2D eigenvalue weighted by molar-refractivity contribution is 0.0205. The summed E-state index contributed by atoms with van der Waals surface area (Å²) in [7, 11) is 0. The minimum absolute atomic E-state index is 0.190. The number of hydrogen-bond acceptors (Lipinski definition) is 7. The molecular formula is C20H33N5O3. The Morgan fingerprint density at radius 1 is 1.21 bits per heavy atom. The van der Waals surface area contributed by atoms with Gasteiger partial charge in [-0.05, 0) is 65.2 Å². The van der Waals surface area contributed by atoms with Crippen molar-refractivity contribution in [1.29, 1.82) is 0 Å². The molecule has 0 unspecified atom stereocenters.